The number of carboxylic acid groups (broad SMARTS) is 1. The molecule has 1 heterocycles. The van der Waals surface area contributed by atoms with Crippen LogP contribution in [0.5, 0.6) is 5.75 Å². The fraction of sp³-hybridized carbons (Fsp3) is 0.423. The molecule has 1 aliphatic heterocycles. The van der Waals surface area contributed by atoms with Gasteiger partial charge in [-0.2, -0.15) is 13.2 Å². The highest BCUT2D eigenvalue weighted by molar-refractivity contribution is 6.02. The van der Waals surface area contributed by atoms with E-state index in [1.165, 1.54) is 41.3 Å². The standard InChI is InChI=1S/C19H25F3N2O2.C7H6O3/c1-4-7-15(13-8-10-14(11-9-13)19(20,21)22)23-17(26)24-12-18(5-2,6-3)16(24)25;8-6-3-1-5(2-4-6)7(9)10/h8-11,15H,4-7,12H2,1-3H3,(H,23,26);1-4,8H,(H,9,10). The topological polar surface area (TPSA) is 107 Å². The predicted molar refractivity (Wildman–Crippen MR) is 127 cm³/mol. The minimum atomic E-state index is -4.39. The van der Waals surface area contributed by atoms with Gasteiger partial charge in [-0.25, -0.2) is 9.59 Å². The van der Waals surface area contributed by atoms with Crippen molar-refractivity contribution < 1.29 is 37.8 Å². The zero-order chi connectivity index (χ0) is 27.1. The molecule has 1 saturated heterocycles. The summed E-state index contributed by atoms with van der Waals surface area (Å²) in [5, 5.41) is 19.9. The molecule has 0 radical (unpaired) electrons. The second-order valence-electron chi connectivity index (χ2n) is 8.64. The van der Waals surface area contributed by atoms with Gasteiger partial charge in [-0.1, -0.05) is 39.3 Å². The maximum Gasteiger partial charge on any atom is 0.416 e. The van der Waals surface area contributed by atoms with Crippen LogP contribution in [0.4, 0.5) is 18.0 Å². The number of imide groups is 1. The number of nitrogens with one attached hydrogen (secondary N) is 1. The number of nitrogens with zero attached hydrogens (tertiary/aromatic N) is 1. The number of amides is 3. The van der Waals surface area contributed by atoms with Gasteiger partial charge in [0.1, 0.15) is 5.75 Å². The molecule has 36 heavy (non-hydrogen) atoms. The number of phenolic OH excluding ortho intramolecular Hbond substituents is 1. The number of hydrogen-bond donors (Lipinski definition) is 3. The van der Waals surface area contributed by atoms with Crippen molar-refractivity contribution in [3.8, 4) is 5.75 Å². The van der Waals surface area contributed by atoms with Crippen LogP contribution < -0.4 is 5.32 Å². The van der Waals surface area contributed by atoms with Crippen molar-refractivity contribution in [2.45, 2.75) is 58.7 Å². The van der Waals surface area contributed by atoms with E-state index in [0.29, 0.717) is 31.4 Å². The Hall–Kier alpha value is -3.56. The van der Waals surface area contributed by atoms with E-state index >= 15 is 0 Å². The lowest BCUT2D eigenvalue weighted by Crippen LogP contribution is -2.65. The van der Waals surface area contributed by atoms with E-state index in [4.69, 9.17) is 10.2 Å². The number of urea groups is 1. The van der Waals surface area contributed by atoms with Crippen molar-refractivity contribution in [2.24, 2.45) is 5.41 Å². The van der Waals surface area contributed by atoms with Crippen LogP contribution in [-0.2, 0) is 11.0 Å². The van der Waals surface area contributed by atoms with Crippen molar-refractivity contribution in [1.82, 2.24) is 10.2 Å². The number of carboxylic acids is 1. The normalized spacial score (nSPS) is 15.3. The van der Waals surface area contributed by atoms with E-state index in [1.54, 1.807) is 0 Å². The Morgan fingerprint density at radius 3 is 2.00 bits per heavy atom. The van der Waals surface area contributed by atoms with Crippen molar-refractivity contribution in [1.29, 1.82) is 0 Å². The number of aromatic carboxylic acids is 1. The lowest BCUT2D eigenvalue weighted by molar-refractivity contribution is -0.155. The number of benzene rings is 2. The van der Waals surface area contributed by atoms with Gasteiger partial charge in [0.25, 0.3) is 0 Å². The SMILES string of the molecule is CCCC(NC(=O)N1CC(CC)(CC)C1=O)c1ccc(C(F)(F)F)cc1.O=C(O)c1ccc(O)cc1. The summed E-state index contributed by atoms with van der Waals surface area (Å²) in [5.41, 5.74) is -0.404. The van der Waals surface area contributed by atoms with Gasteiger partial charge in [0.05, 0.1) is 22.6 Å². The highest BCUT2D eigenvalue weighted by Gasteiger charge is 2.52. The molecule has 196 valence electrons. The highest BCUT2D eigenvalue weighted by atomic mass is 19.4. The predicted octanol–water partition coefficient (Wildman–Crippen LogP) is 6.00. The number of likely N-dealkylation sites (tertiary alicyclic amines) is 1. The third kappa shape index (κ3) is 6.77. The van der Waals surface area contributed by atoms with Gasteiger partial charge in [-0.15, -0.1) is 0 Å². The molecule has 0 bridgehead atoms. The van der Waals surface area contributed by atoms with Gasteiger partial charge in [-0.3, -0.25) is 9.69 Å². The van der Waals surface area contributed by atoms with Gasteiger partial charge < -0.3 is 15.5 Å². The molecule has 7 nitrogen and oxygen atoms in total. The zero-order valence-corrected chi connectivity index (χ0v) is 20.4. The van der Waals surface area contributed by atoms with Crippen LogP contribution in [0.15, 0.2) is 48.5 Å². The first kappa shape index (κ1) is 28.7. The summed E-state index contributed by atoms with van der Waals surface area (Å²) >= 11 is 0. The van der Waals surface area contributed by atoms with E-state index in [1.807, 2.05) is 20.8 Å². The fourth-order valence-corrected chi connectivity index (χ4v) is 3.92. The molecule has 0 spiro atoms. The average Bonchev–Trinajstić information content (AvgIpc) is 2.84. The second kappa shape index (κ2) is 11.9. The number of aromatic hydroxyl groups is 1. The molecular weight excluding hydrogens is 477 g/mol. The first-order valence-electron chi connectivity index (χ1n) is 11.7. The maximum absolute atomic E-state index is 12.7. The van der Waals surface area contributed by atoms with Crippen LogP contribution in [0.2, 0.25) is 0 Å². The number of β-lactam (4-membered cyclic amide) rings is 1. The number of phenols is 1. The molecule has 0 saturated carbocycles. The lowest BCUT2D eigenvalue weighted by Gasteiger charge is -2.47. The summed E-state index contributed by atoms with van der Waals surface area (Å²) in [6.45, 7) is 6.17. The number of carbonyl (C=O) groups excluding carboxylic acids is 2. The van der Waals surface area contributed by atoms with E-state index < -0.39 is 35.2 Å². The number of hydrogen-bond acceptors (Lipinski definition) is 4. The van der Waals surface area contributed by atoms with Crippen LogP contribution in [-0.4, -0.2) is 39.6 Å². The van der Waals surface area contributed by atoms with Crippen molar-refractivity contribution in [3.05, 3.63) is 65.2 Å². The summed E-state index contributed by atoms with van der Waals surface area (Å²) in [4.78, 5) is 36.2. The van der Waals surface area contributed by atoms with Gasteiger partial charge in [0.2, 0.25) is 5.91 Å². The molecule has 3 N–H and O–H groups in total. The third-order valence-corrected chi connectivity index (χ3v) is 6.39. The molecule has 10 heteroatoms. The molecule has 3 amide bonds. The molecule has 1 aliphatic rings. The Morgan fingerprint density at radius 2 is 1.58 bits per heavy atom. The summed E-state index contributed by atoms with van der Waals surface area (Å²) in [6.07, 6.45) is -1.71. The average molecular weight is 509 g/mol. The van der Waals surface area contributed by atoms with Crippen LogP contribution in [0.1, 0.15) is 74.0 Å². The molecule has 1 unspecified atom stereocenters. The summed E-state index contributed by atoms with van der Waals surface area (Å²) < 4.78 is 38.1. The highest BCUT2D eigenvalue weighted by Crippen LogP contribution is 2.39. The summed E-state index contributed by atoms with van der Waals surface area (Å²) in [5.74, 6) is -1.09. The molecule has 0 aliphatic carbocycles. The Morgan fingerprint density at radius 1 is 1.03 bits per heavy atom. The van der Waals surface area contributed by atoms with Crippen molar-refractivity contribution in [2.75, 3.05) is 6.54 Å². The summed E-state index contributed by atoms with van der Waals surface area (Å²) in [7, 11) is 0. The maximum atomic E-state index is 12.7. The number of carbonyl (C=O) groups is 3. The largest absolute Gasteiger partial charge is 0.508 e. The Bertz CT molecular complexity index is 1050. The number of alkyl halides is 3. The van der Waals surface area contributed by atoms with Gasteiger partial charge in [0, 0.05) is 6.54 Å². The van der Waals surface area contributed by atoms with Crippen molar-refractivity contribution in [3.63, 3.8) is 0 Å². The van der Waals surface area contributed by atoms with Gasteiger partial charge in [-0.05, 0) is 61.2 Å². The molecule has 2 aromatic carbocycles. The van der Waals surface area contributed by atoms with E-state index in [-0.39, 0.29) is 17.2 Å². The zero-order valence-electron chi connectivity index (χ0n) is 20.4. The molecule has 3 rings (SSSR count). The molecule has 1 fully saturated rings. The second-order valence-corrected chi connectivity index (χ2v) is 8.64. The monoisotopic (exact) mass is 508 g/mol. The summed E-state index contributed by atoms with van der Waals surface area (Å²) in [6, 6.07) is 9.23. The number of halogens is 3. The molecule has 1 atom stereocenters. The first-order chi connectivity index (χ1) is 16.9. The van der Waals surface area contributed by atoms with Gasteiger partial charge >= 0.3 is 18.2 Å². The first-order valence-corrected chi connectivity index (χ1v) is 11.7. The molecular formula is C26H31F3N2O5. The number of rotatable bonds is 7. The van der Waals surface area contributed by atoms with Crippen LogP contribution in [0.25, 0.3) is 0 Å². The molecule has 0 aromatic heterocycles. The molecule has 2 aromatic rings. The minimum absolute atomic E-state index is 0.0741. The van der Waals surface area contributed by atoms with E-state index in [2.05, 4.69) is 5.32 Å². The van der Waals surface area contributed by atoms with Crippen molar-refractivity contribution >= 4 is 17.9 Å². The van der Waals surface area contributed by atoms with E-state index in [9.17, 15) is 27.6 Å². The van der Waals surface area contributed by atoms with Crippen LogP contribution >= 0.6 is 0 Å². The van der Waals surface area contributed by atoms with E-state index in [0.717, 1.165) is 18.6 Å². The van der Waals surface area contributed by atoms with Gasteiger partial charge in [0.15, 0.2) is 0 Å². The third-order valence-electron chi connectivity index (χ3n) is 6.39. The Kier molecular flexibility index (Phi) is 9.49. The van der Waals surface area contributed by atoms with Crippen LogP contribution in [0, 0.1) is 5.41 Å². The quantitative estimate of drug-likeness (QED) is 0.398. The van der Waals surface area contributed by atoms with Crippen LogP contribution in [0.3, 0.4) is 0 Å². The lowest BCUT2D eigenvalue weighted by atomic mass is 9.74. The Labute approximate surface area is 207 Å². The smallest absolute Gasteiger partial charge is 0.416 e. The fourth-order valence-electron chi connectivity index (χ4n) is 3.92. The minimum Gasteiger partial charge on any atom is -0.508 e. The Balaban J connectivity index is 0.000000380.